The third-order valence-electron chi connectivity index (χ3n) is 4.50. The molecule has 1 amide bonds. The third-order valence-corrected chi connectivity index (χ3v) is 7.98. The van der Waals surface area contributed by atoms with Crippen molar-refractivity contribution >= 4 is 64.6 Å². The van der Waals surface area contributed by atoms with E-state index in [1.807, 2.05) is 31.2 Å². The van der Waals surface area contributed by atoms with Gasteiger partial charge in [0.05, 0.1) is 20.2 Å². The average Bonchev–Trinajstić information content (AvgIpc) is 3.30. The highest BCUT2D eigenvalue weighted by Crippen LogP contribution is 2.35. The minimum Gasteiger partial charge on any atom is -0.506 e. The smallest absolute Gasteiger partial charge is 0.265 e. The lowest BCUT2D eigenvalue weighted by atomic mass is 10.2. The number of nitrogens with zero attached hydrogens (tertiary/aromatic N) is 1. The number of thiophene rings is 1. The van der Waals surface area contributed by atoms with E-state index in [4.69, 9.17) is 0 Å². The zero-order chi connectivity index (χ0) is 22.2. The standard InChI is InChI=1S/C20H18N4O4S3/c1-11-5-3-4-6-13(11)23-20-24-19-17(30-20)10-16(29-19)18(26)22-14-9-12(7-8-15(14)25)31(27,28)21-2/h3-10,21,25H,1-2H3,(H,22,26)(H,23,24). The van der Waals surface area contributed by atoms with Crippen LogP contribution in [0.15, 0.2) is 53.4 Å². The fourth-order valence-corrected chi connectivity index (χ4v) is 5.59. The molecule has 4 N–H and O–H groups in total. The lowest BCUT2D eigenvalue weighted by Gasteiger charge is -2.09. The summed E-state index contributed by atoms with van der Waals surface area (Å²) in [6, 6.07) is 13.3. The number of hydrogen-bond donors (Lipinski definition) is 4. The van der Waals surface area contributed by atoms with Gasteiger partial charge in [-0.2, -0.15) is 0 Å². The number of para-hydroxylation sites is 1. The van der Waals surface area contributed by atoms with E-state index in [2.05, 4.69) is 20.3 Å². The molecule has 0 fully saturated rings. The van der Waals surface area contributed by atoms with E-state index in [1.54, 1.807) is 6.07 Å². The Bertz CT molecular complexity index is 1360. The van der Waals surface area contributed by atoms with Crippen LogP contribution in [0.5, 0.6) is 5.75 Å². The van der Waals surface area contributed by atoms with Crippen LogP contribution in [0, 0.1) is 6.92 Å². The van der Waals surface area contributed by atoms with Gasteiger partial charge in [0, 0.05) is 5.69 Å². The van der Waals surface area contributed by atoms with E-state index in [9.17, 15) is 18.3 Å². The van der Waals surface area contributed by atoms with Crippen LogP contribution in [0.25, 0.3) is 9.53 Å². The third kappa shape index (κ3) is 4.39. The van der Waals surface area contributed by atoms with Crippen LogP contribution >= 0.6 is 22.7 Å². The number of benzene rings is 2. The predicted octanol–water partition coefficient (Wildman–Crippen LogP) is 4.28. The number of rotatable bonds is 6. The first-order valence-electron chi connectivity index (χ1n) is 9.08. The van der Waals surface area contributed by atoms with Crippen molar-refractivity contribution in [1.29, 1.82) is 0 Å². The van der Waals surface area contributed by atoms with Gasteiger partial charge >= 0.3 is 0 Å². The molecular weight excluding hydrogens is 456 g/mol. The second kappa shape index (κ2) is 8.27. The summed E-state index contributed by atoms with van der Waals surface area (Å²) >= 11 is 2.64. The summed E-state index contributed by atoms with van der Waals surface area (Å²) in [6.45, 7) is 2.01. The molecule has 0 unspecified atom stereocenters. The molecule has 0 radical (unpaired) electrons. The number of aromatic nitrogens is 1. The van der Waals surface area contributed by atoms with Crippen molar-refractivity contribution in [3.8, 4) is 5.75 Å². The summed E-state index contributed by atoms with van der Waals surface area (Å²) in [5.41, 5.74) is 2.07. The molecule has 2 aromatic carbocycles. The van der Waals surface area contributed by atoms with E-state index in [1.165, 1.54) is 47.9 Å². The van der Waals surface area contributed by atoms with Gasteiger partial charge < -0.3 is 15.7 Å². The first kappa shape index (κ1) is 21.2. The lowest BCUT2D eigenvalue weighted by molar-refractivity contribution is 0.103. The fourth-order valence-electron chi connectivity index (χ4n) is 2.81. The molecule has 2 aromatic heterocycles. The molecule has 8 nitrogen and oxygen atoms in total. The number of phenolic OH excluding ortho intramolecular Hbond substituents is 1. The first-order valence-corrected chi connectivity index (χ1v) is 12.2. The number of thiazole rings is 1. The molecule has 0 atom stereocenters. The van der Waals surface area contributed by atoms with Crippen LogP contribution in [-0.2, 0) is 10.0 Å². The number of aryl methyl sites for hydroxylation is 1. The van der Waals surface area contributed by atoms with E-state index in [0.29, 0.717) is 9.71 Å². The minimum absolute atomic E-state index is 0.00736. The Balaban J connectivity index is 1.55. The maximum Gasteiger partial charge on any atom is 0.265 e. The second-order valence-corrected chi connectivity index (χ2v) is 10.5. The highest BCUT2D eigenvalue weighted by atomic mass is 32.2. The molecule has 0 bridgehead atoms. The summed E-state index contributed by atoms with van der Waals surface area (Å²) in [7, 11) is -2.42. The first-order chi connectivity index (χ1) is 14.8. The zero-order valence-corrected chi connectivity index (χ0v) is 18.9. The van der Waals surface area contributed by atoms with Gasteiger partial charge in [-0.1, -0.05) is 29.5 Å². The van der Waals surface area contributed by atoms with Crippen molar-refractivity contribution in [3.63, 3.8) is 0 Å². The van der Waals surface area contributed by atoms with Gasteiger partial charge in [-0.15, -0.1) is 11.3 Å². The number of carbonyl (C=O) groups excluding carboxylic acids is 1. The highest BCUT2D eigenvalue weighted by molar-refractivity contribution is 7.89. The summed E-state index contributed by atoms with van der Waals surface area (Å²) in [4.78, 5) is 18.3. The SMILES string of the molecule is CNS(=O)(=O)c1ccc(O)c(NC(=O)c2cc3sc(Nc4ccccc4C)nc3s2)c1. The Kier molecular flexibility index (Phi) is 5.67. The second-order valence-electron chi connectivity index (χ2n) is 6.58. The number of hydrogen-bond acceptors (Lipinski definition) is 8. The van der Waals surface area contributed by atoms with Crippen molar-refractivity contribution in [2.24, 2.45) is 0 Å². The van der Waals surface area contributed by atoms with Crippen molar-refractivity contribution in [1.82, 2.24) is 9.71 Å². The Morgan fingerprint density at radius 3 is 2.55 bits per heavy atom. The van der Waals surface area contributed by atoms with Gasteiger partial charge in [-0.25, -0.2) is 18.1 Å². The molecule has 4 rings (SSSR count). The summed E-state index contributed by atoms with van der Waals surface area (Å²) < 4.78 is 27.0. The topological polar surface area (TPSA) is 120 Å². The molecule has 0 aliphatic rings. The summed E-state index contributed by atoms with van der Waals surface area (Å²) in [5, 5.41) is 16.6. The average molecular weight is 475 g/mol. The molecule has 160 valence electrons. The lowest BCUT2D eigenvalue weighted by Crippen LogP contribution is -2.19. The highest BCUT2D eigenvalue weighted by Gasteiger charge is 2.18. The summed E-state index contributed by atoms with van der Waals surface area (Å²) in [6.07, 6.45) is 0. The van der Waals surface area contributed by atoms with Crippen LogP contribution in [0.4, 0.5) is 16.5 Å². The Labute approximate surface area is 186 Å². The summed E-state index contributed by atoms with van der Waals surface area (Å²) in [5.74, 6) is -0.692. The predicted molar refractivity (Wildman–Crippen MR) is 124 cm³/mol. The van der Waals surface area contributed by atoms with Crippen molar-refractivity contribution in [3.05, 3.63) is 59.0 Å². The monoisotopic (exact) mass is 474 g/mol. The van der Waals surface area contributed by atoms with E-state index >= 15 is 0 Å². The normalized spacial score (nSPS) is 11.5. The Morgan fingerprint density at radius 2 is 1.84 bits per heavy atom. The molecule has 0 aliphatic carbocycles. The fraction of sp³-hybridized carbons (Fsp3) is 0.100. The number of nitrogens with one attached hydrogen (secondary N) is 3. The van der Waals surface area contributed by atoms with Gasteiger partial charge in [-0.05, 0) is 49.9 Å². The van der Waals surface area contributed by atoms with Crippen molar-refractivity contribution in [2.45, 2.75) is 11.8 Å². The van der Waals surface area contributed by atoms with Crippen molar-refractivity contribution in [2.75, 3.05) is 17.7 Å². The van der Waals surface area contributed by atoms with Crippen LogP contribution in [0.3, 0.4) is 0 Å². The van der Waals surface area contributed by atoms with Crippen LogP contribution in [0.1, 0.15) is 15.2 Å². The number of aromatic hydroxyl groups is 1. The van der Waals surface area contributed by atoms with Crippen molar-refractivity contribution < 1.29 is 18.3 Å². The Morgan fingerprint density at radius 1 is 1.06 bits per heavy atom. The number of anilines is 3. The van der Waals surface area contributed by atoms with Gasteiger partial charge in [0.2, 0.25) is 10.0 Å². The molecule has 0 saturated heterocycles. The number of carbonyl (C=O) groups is 1. The number of amides is 1. The van der Waals surface area contributed by atoms with Crippen LogP contribution in [-0.4, -0.2) is 31.5 Å². The van der Waals surface area contributed by atoms with E-state index < -0.39 is 15.9 Å². The zero-order valence-electron chi connectivity index (χ0n) is 16.5. The maximum absolute atomic E-state index is 12.7. The molecule has 0 saturated carbocycles. The number of fused-ring (bicyclic) bond motifs is 1. The molecule has 2 heterocycles. The number of phenols is 1. The molecule has 31 heavy (non-hydrogen) atoms. The van der Waals surface area contributed by atoms with E-state index in [0.717, 1.165) is 21.1 Å². The van der Waals surface area contributed by atoms with Gasteiger partial charge in [0.1, 0.15) is 10.6 Å². The largest absolute Gasteiger partial charge is 0.506 e. The quantitative estimate of drug-likeness (QED) is 0.310. The van der Waals surface area contributed by atoms with Crippen LogP contribution in [0.2, 0.25) is 0 Å². The Hall–Kier alpha value is -2.99. The molecular formula is C20H18N4O4S3. The maximum atomic E-state index is 12.7. The number of sulfonamides is 1. The van der Waals surface area contributed by atoms with Crippen LogP contribution < -0.4 is 15.4 Å². The van der Waals surface area contributed by atoms with Gasteiger partial charge in [0.25, 0.3) is 5.91 Å². The molecule has 4 aromatic rings. The molecule has 0 aliphatic heterocycles. The van der Waals surface area contributed by atoms with Gasteiger partial charge in [-0.3, -0.25) is 4.79 Å². The van der Waals surface area contributed by atoms with Gasteiger partial charge in [0.15, 0.2) is 5.13 Å². The molecule has 11 heteroatoms. The van der Waals surface area contributed by atoms with E-state index in [-0.39, 0.29) is 16.3 Å². The minimum atomic E-state index is -3.71. The molecule has 0 spiro atoms.